The van der Waals surface area contributed by atoms with Crippen LogP contribution in [0.25, 0.3) is 0 Å². The van der Waals surface area contributed by atoms with E-state index in [1.165, 1.54) is 30.3 Å². The van der Waals surface area contributed by atoms with Gasteiger partial charge in [0.2, 0.25) is 5.91 Å². The number of aryl methyl sites for hydroxylation is 1. The van der Waals surface area contributed by atoms with E-state index >= 15 is 0 Å². The third-order valence-electron chi connectivity index (χ3n) is 4.20. The highest BCUT2D eigenvalue weighted by atomic mass is 32.2. The summed E-state index contributed by atoms with van der Waals surface area (Å²) in [6, 6.07) is 18.9. The smallest absolute Gasteiger partial charge is 0.261 e. The predicted molar refractivity (Wildman–Crippen MR) is 111 cm³/mol. The minimum atomic E-state index is -3.76. The normalized spacial score (nSPS) is 10.9. The van der Waals surface area contributed by atoms with E-state index < -0.39 is 21.8 Å². The second-order valence-corrected chi connectivity index (χ2v) is 8.03. The van der Waals surface area contributed by atoms with Crippen LogP contribution in [0, 0.1) is 6.92 Å². The number of primary amides is 1. The first-order chi connectivity index (χ1) is 13.8. The number of sulfonamides is 1. The monoisotopic (exact) mass is 409 g/mol. The van der Waals surface area contributed by atoms with Gasteiger partial charge in [-0.25, -0.2) is 8.42 Å². The molecule has 148 valence electrons. The van der Waals surface area contributed by atoms with E-state index in [1.807, 2.05) is 0 Å². The Labute approximate surface area is 168 Å². The molecular weight excluding hydrogens is 390 g/mol. The van der Waals surface area contributed by atoms with Gasteiger partial charge < -0.3 is 11.1 Å². The molecule has 0 saturated carbocycles. The quantitative estimate of drug-likeness (QED) is 0.579. The van der Waals surface area contributed by atoms with Gasteiger partial charge in [-0.3, -0.25) is 14.3 Å². The van der Waals surface area contributed by atoms with Crippen molar-refractivity contribution in [2.45, 2.75) is 11.8 Å². The van der Waals surface area contributed by atoms with Crippen molar-refractivity contribution in [3.8, 4) is 0 Å². The molecule has 0 spiro atoms. The average molecular weight is 409 g/mol. The first-order valence-electron chi connectivity index (χ1n) is 8.66. The van der Waals surface area contributed by atoms with Gasteiger partial charge in [-0.2, -0.15) is 0 Å². The van der Waals surface area contributed by atoms with E-state index in [0.29, 0.717) is 16.9 Å². The Morgan fingerprint density at radius 1 is 0.862 bits per heavy atom. The molecule has 0 fully saturated rings. The fraction of sp³-hybridized carbons (Fsp3) is 0.0476. The fourth-order valence-corrected chi connectivity index (χ4v) is 3.77. The van der Waals surface area contributed by atoms with Gasteiger partial charge in [0, 0.05) is 16.8 Å². The van der Waals surface area contributed by atoms with Crippen molar-refractivity contribution in [3.63, 3.8) is 0 Å². The lowest BCUT2D eigenvalue weighted by molar-refractivity contribution is 0.1000. The molecule has 3 aromatic rings. The highest BCUT2D eigenvalue weighted by Crippen LogP contribution is 2.24. The number of carbonyl (C=O) groups excluding carboxylic acids is 2. The predicted octanol–water partition coefficient (Wildman–Crippen LogP) is 3.15. The minimum absolute atomic E-state index is 0.136. The molecule has 0 aromatic heterocycles. The molecule has 4 N–H and O–H groups in total. The average Bonchev–Trinajstić information content (AvgIpc) is 2.71. The Bertz CT molecular complexity index is 1180. The second kappa shape index (κ2) is 8.15. The molecule has 29 heavy (non-hydrogen) atoms. The molecule has 2 amide bonds. The number of nitrogens with one attached hydrogen (secondary N) is 2. The van der Waals surface area contributed by atoms with E-state index in [0.717, 1.165) is 0 Å². The summed E-state index contributed by atoms with van der Waals surface area (Å²) >= 11 is 0. The maximum absolute atomic E-state index is 12.6. The van der Waals surface area contributed by atoms with Crippen molar-refractivity contribution < 1.29 is 18.0 Å². The standard InChI is InChI=1S/C21H19N3O4S/c1-14-10-11-17(23-21(26)16-7-5-6-15(12-16)20(22)25)13-19(14)24-29(27,28)18-8-3-2-4-9-18/h2-13,24H,1H3,(H2,22,25)(H,23,26). The lowest BCUT2D eigenvalue weighted by Crippen LogP contribution is -2.16. The van der Waals surface area contributed by atoms with Crippen LogP contribution in [0.2, 0.25) is 0 Å². The van der Waals surface area contributed by atoms with E-state index in [9.17, 15) is 18.0 Å². The third-order valence-corrected chi connectivity index (χ3v) is 5.58. The Balaban J connectivity index is 1.83. The number of nitrogens with two attached hydrogens (primary N) is 1. The van der Waals surface area contributed by atoms with Gasteiger partial charge in [0.25, 0.3) is 15.9 Å². The van der Waals surface area contributed by atoms with Crippen LogP contribution < -0.4 is 15.8 Å². The molecule has 0 aliphatic carbocycles. The molecule has 0 atom stereocenters. The van der Waals surface area contributed by atoms with Crippen molar-refractivity contribution in [3.05, 3.63) is 89.5 Å². The van der Waals surface area contributed by atoms with Crippen molar-refractivity contribution >= 4 is 33.2 Å². The topological polar surface area (TPSA) is 118 Å². The number of anilines is 2. The summed E-state index contributed by atoms with van der Waals surface area (Å²) in [4.78, 5) is 23.9. The van der Waals surface area contributed by atoms with E-state index in [1.54, 1.807) is 49.4 Å². The van der Waals surface area contributed by atoms with Gasteiger partial charge >= 0.3 is 0 Å². The summed E-state index contributed by atoms with van der Waals surface area (Å²) in [7, 11) is -3.76. The van der Waals surface area contributed by atoms with Gasteiger partial charge in [-0.05, 0) is 55.0 Å². The van der Waals surface area contributed by atoms with Crippen LogP contribution in [-0.4, -0.2) is 20.2 Å². The van der Waals surface area contributed by atoms with Crippen molar-refractivity contribution in [2.75, 3.05) is 10.0 Å². The van der Waals surface area contributed by atoms with Crippen LogP contribution in [0.5, 0.6) is 0 Å². The number of carbonyl (C=O) groups is 2. The Morgan fingerprint density at radius 2 is 1.55 bits per heavy atom. The first kappa shape index (κ1) is 20.1. The maximum Gasteiger partial charge on any atom is 0.261 e. The summed E-state index contributed by atoms with van der Waals surface area (Å²) in [5.74, 6) is -1.08. The van der Waals surface area contributed by atoms with Gasteiger partial charge in [0.1, 0.15) is 0 Å². The van der Waals surface area contributed by atoms with Crippen LogP contribution in [0.15, 0.2) is 77.7 Å². The van der Waals surface area contributed by atoms with Crippen molar-refractivity contribution in [1.82, 2.24) is 0 Å². The fourth-order valence-electron chi connectivity index (χ4n) is 2.63. The summed E-state index contributed by atoms with van der Waals surface area (Å²) in [5, 5.41) is 2.69. The second-order valence-electron chi connectivity index (χ2n) is 6.35. The molecule has 0 bridgehead atoms. The molecule has 3 aromatic carbocycles. The van der Waals surface area contributed by atoms with Crippen molar-refractivity contribution in [1.29, 1.82) is 0 Å². The first-order valence-corrected chi connectivity index (χ1v) is 10.1. The van der Waals surface area contributed by atoms with Gasteiger partial charge in [-0.1, -0.05) is 30.3 Å². The Kier molecular flexibility index (Phi) is 5.65. The maximum atomic E-state index is 12.6. The summed E-state index contributed by atoms with van der Waals surface area (Å²) < 4.78 is 27.7. The Hall–Kier alpha value is -3.65. The number of hydrogen-bond donors (Lipinski definition) is 3. The summed E-state index contributed by atoms with van der Waals surface area (Å²) in [6.45, 7) is 1.75. The molecular formula is C21H19N3O4S. The van der Waals surface area contributed by atoms with Crippen LogP contribution in [0.4, 0.5) is 11.4 Å². The zero-order valence-electron chi connectivity index (χ0n) is 15.5. The highest BCUT2D eigenvalue weighted by Gasteiger charge is 2.16. The summed E-state index contributed by atoms with van der Waals surface area (Å²) in [5.41, 5.74) is 7.16. The van der Waals surface area contributed by atoms with Crippen molar-refractivity contribution in [2.24, 2.45) is 5.73 Å². The third kappa shape index (κ3) is 4.80. The molecule has 3 rings (SSSR count). The van der Waals surface area contributed by atoms with Crippen LogP contribution in [0.3, 0.4) is 0 Å². The van der Waals surface area contributed by atoms with E-state index in [-0.39, 0.29) is 16.0 Å². The van der Waals surface area contributed by atoms with Gasteiger partial charge in [0.15, 0.2) is 0 Å². The molecule has 0 saturated heterocycles. The van der Waals surface area contributed by atoms with Crippen LogP contribution >= 0.6 is 0 Å². The zero-order chi connectivity index (χ0) is 21.0. The highest BCUT2D eigenvalue weighted by molar-refractivity contribution is 7.92. The largest absolute Gasteiger partial charge is 0.366 e. The molecule has 0 radical (unpaired) electrons. The SMILES string of the molecule is Cc1ccc(NC(=O)c2cccc(C(N)=O)c2)cc1NS(=O)(=O)c1ccccc1. The van der Waals surface area contributed by atoms with Gasteiger partial charge in [-0.15, -0.1) is 0 Å². The summed E-state index contributed by atoms with van der Waals surface area (Å²) in [6.07, 6.45) is 0. The van der Waals surface area contributed by atoms with E-state index in [2.05, 4.69) is 10.0 Å². The molecule has 7 nitrogen and oxygen atoms in total. The number of amides is 2. The molecule has 0 heterocycles. The van der Waals surface area contributed by atoms with Crippen LogP contribution in [-0.2, 0) is 10.0 Å². The minimum Gasteiger partial charge on any atom is -0.366 e. The molecule has 0 aliphatic heterocycles. The molecule has 0 aliphatic rings. The van der Waals surface area contributed by atoms with Gasteiger partial charge in [0.05, 0.1) is 10.6 Å². The Morgan fingerprint density at radius 3 is 2.24 bits per heavy atom. The van der Waals surface area contributed by atoms with E-state index in [4.69, 9.17) is 5.73 Å². The number of hydrogen-bond acceptors (Lipinski definition) is 4. The zero-order valence-corrected chi connectivity index (χ0v) is 16.4. The van der Waals surface area contributed by atoms with Crippen LogP contribution in [0.1, 0.15) is 26.3 Å². The molecule has 0 unspecified atom stereocenters. The lowest BCUT2D eigenvalue weighted by Gasteiger charge is -2.13. The number of rotatable bonds is 6. The number of benzene rings is 3. The lowest BCUT2D eigenvalue weighted by atomic mass is 10.1. The molecule has 8 heteroatoms.